The molecule has 0 aliphatic rings. The normalized spacial score (nSPS) is 11.4. The van der Waals surface area contributed by atoms with Gasteiger partial charge in [-0.15, -0.1) is 0 Å². The largest absolute Gasteiger partial charge is 0.438 e. The van der Waals surface area contributed by atoms with Crippen molar-refractivity contribution < 1.29 is 9.21 Å². The van der Waals surface area contributed by atoms with Gasteiger partial charge in [-0.3, -0.25) is 4.79 Å². The first kappa shape index (κ1) is 15.0. The molecule has 0 N–H and O–H groups in total. The summed E-state index contributed by atoms with van der Waals surface area (Å²) in [5.41, 5.74) is 2.30. The van der Waals surface area contributed by atoms with Gasteiger partial charge in [0, 0.05) is 10.4 Å². The lowest BCUT2D eigenvalue weighted by Crippen LogP contribution is -2.12. The Hall–Kier alpha value is -2.90. The number of fused-ring (bicyclic) bond motifs is 1. The predicted octanol–water partition coefficient (Wildman–Crippen LogP) is 5.07. The summed E-state index contributed by atoms with van der Waals surface area (Å²) in [6, 6.07) is 13.7. The Morgan fingerprint density at radius 3 is 2.57 bits per heavy atom. The van der Waals surface area contributed by atoms with Gasteiger partial charge in [-0.1, -0.05) is 17.7 Å². The predicted molar refractivity (Wildman–Crippen MR) is 89.2 cm³/mol. The summed E-state index contributed by atoms with van der Waals surface area (Å²) in [6.07, 6.45) is 0. The summed E-state index contributed by atoms with van der Waals surface area (Å²) in [6.45, 7) is 8.52. The molecule has 0 spiro atoms. The van der Waals surface area contributed by atoms with Crippen LogP contribution in [0.3, 0.4) is 0 Å². The van der Waals surface area contributed by atoms with E-state index in [0.717, 1.165) is 0 Å². The molecule has 0 saturated heterocycles. The van der Waals surface area contributed by atoms with Gasteiger partial charge in [0.2, 0.25) is 5.55 Å². The second kappa shape index (κ2) is 6.07. The van der Waals surface area contributed by atoms with E-state index in [-0.39, 0.29) is 11.3 Å². The van der Waals surface area contributed by atoms with Crippen molar-refractivity contribution in [1.29, 1.82) is 0 Å². The van der Waals surface area contributed by atoms with Gasteiger partial charge >= 0.3 is 0 Å². The van der Waals surface area contributed by atoms with Gasteiger partial charge in [-0.2, -0.15) is 0 Å². The molecule has 5 heteroatoms. The van der Waals surface area contributed by atoms with E-state index in [2.05, 4.69) is 9.84 Å². The average molecular weight is 323 g/mol. The van der Waals surface area contributed by atoms with Crippen molar-refractivity contribution >= 4 is 39.7 Å². The van der Waals surface area contributed by atoms with Crippen LogP contribution in [0.25, 0.3) is 15.8 Å². The van der Waals surface area contributed by atoms with Crippen molar-refractivity contribution in [1.82, 2.24) is 0 Å². The molecule has 0 bridgehead atoms. The first-order valence-electron chi connectivity index (χ1n) is 6.83. The van der Waals surface area contributed by atoms with E-state index >= 15 is 0 Å². The number of carbonyl (C=O) groups excluding carboxylic acids is 1. The van der Waals surface area contributed by atoms with Crippen molar-refractivity contribution in [3.63, 3.8) is 0 Å². The third-order valence-electron chi connectivity index (χ3n) is 3.30. The van der Waals surface area contributed by atoms with Crippen molar-refractivity contribution in [3.8, 4) is 0 Å². The Kier molecular flexibility index (Phi) is 3.96. The molecule has 2 aromatic carbocycles. The van der Waals surface area contributed by atoms with Crippen LogP contribution in [0, 0.1) is 6.57 Å². The van der Waals surface area contributed by atoms with Gasteiger partial charge in [0.05, 0.1) is 17.8 Å². The van der Waals surface area contributed by atoms with Crippen LogP contribution >= 0.6 is 11.6 Å². The fourth-order valence-electron chi connectivity index (χ4n) is 2.16. The molecule has 0 saturated carbocycles. The summed E-state index contributed by atoms with van der Waals surface area (Å²) in [7, 11) is 0. The Morgan fingerprint density at radius 1 is 1.17 bits per heavy atom. The molecule has 0 radical (unpaired) electrons. The van der Waals surface area contributed by atoms with E-state index in [0.29, 0.717) is 32.9 Å². The maximum Gasteiger partial charge on any atom is 0.230 e. The highest BCUT2D eigenvalue weighted by atomic mass is 35.5. The minimum absolute atomic E-state index is 0.156. The van der Waals surface area contributed by atoms with Crippen molar-refractivity contribution in [3.05, 3.63) is 76.1 Å². The zero-order chi connectivity index (χ0) is 16.4. The van der Waals surface area contributed by atoms with Crippen LogP contribution in [0.5, 0.6) is 0 Å². The van der Waals surface area contributed by atoms with E-state index in [1.807, 2.05) is 0 Å². The van der Waals surface area contributed by atoms with E-state index in [1.54, 1.807) is 48.5 Å². The lowest BCUT2D eigenvalue weighted by molar-refractivity contribution is 0.101. The van der Waals surface area contributed by atoms with Crippen LogP contribution in [0.2, 0.25) is 5.02 Å². The highest BCUT2D eigenvalue weighted by Crippen LogP contribution is 2.22. The molecular weight excluding hydrogens is 312 g/mol. The number of halogens is 1. The molecule has 23 heavy (non-hydrogen) atoms. The van der Waals surface area contributed by atoms with Crippen LogP contribution in [0.1, 0.15) is 17.3 Å². The molecule has 0 atom stereocenters. The lowest BCUT2D eigenvalue weighted by atomic mass is 10.1. The molecule has 0 aliphatic carbocycles. The summed E-state index contributed by atoms with van der Waals surface area (Å²) in [5, 5.41) is 1.30. The molecule has 4 nitrogen and oxygen atoms in total. The molecule has 0 unspecified atom stereocenters. The summed E-state index contributed by atoms with van der Waals surface area (Å²) >= 11 is 5.86. The molecule has 1 heterocycles. The van der Waals surface area contributed by atoms with Gasteiger partial charge < -0.3 is 4.42 Å². The van der Waals surface area contributed by atoms with Crippen molar-refractivity contribution in [2.75, 3.05) is 0 Å². The van der Waals surface area contributed by atoms with Gasteiger partial charge in [-0.25, -0.2) is 9.84 Å². The highest BCUT2D eigenvalue weighted by molar-refractivity contribution is 6.30. The molecule has 3 aromatic rings. The number of ketones is 1. The number of rotatable bonds is 2. The number of Topliss-reactive ketones (excluding diaryl/α,β-unsaturated/α-hetero) is 1. The molecular formula is C18H11ClN2O2. The van der Waals surface area contributed by atoms with Crippen LogP contribution < -0.4 is 5.55 Å². The molecule has 1 aromatic heterocycles. The highest BCUT2D eigenvalue weighted by Gasteiger charge is 2.09. The first-order chi connectivity index (χ1) is 11.1. The minimum atomic E-state index is -0.156. The zero-order valence-electron chi connectivity index (χ0n) is 12.2. The molecule has 0 amide bonds. The second-order valence-corrected chi connectivity index (χ2v) is 5.38. The van der Waals surface area contributed by atoms with E-state index < -0.39 is 0 Å². The van der Waals surface area contributed by atoms with E-state index in [9.17, 15) is 4.79 Å². The summed E-state index contributed by atoms with van der Waals surface area (Å²) < 4.78 is 5.76. The van der Waals surface area contributed by atoms with E-state index in [1.165, 1.54) is 6.92 Å². The Balaban J connectivity index is 2.26. The van der Waals surface area contributed by atoms with Gasteiger partial charge in [-0.05, 0) is 49.4 Å². The summed E-state index contributed by atoms with van der Waals surface area (Å²) in [4.78, 5) is 19.7. The molecule has 112 valence electrons. The summed E-state index contributed by atoms with van der Waals surface area (Å²) in [5.74, 6) is -0.156. The SMILES string of the molecule is [C-]#[N+]c1ccc2oc(=Nc3ccc(Cl)cc3)c(C(C)=O)cc2c1. The average Bonchev–Trinajstić information content (AvgIpc) is 2.55. The minimum Gasteiger partial charge on any atom is -0.438 e. The van der Waals surface area contributed by atoms with Crippen LogP contribution in [0.4, 0.5) is 11.4 Å². The Labute approximate surface area is 137 Å². The Morgan fingerprint density at radius 2 is 1.91 bits per heavy atom. The monoisotopic (exact) mass is 322 g/mol. The third-order valence-corrected chi connectivity index (χ3v) is 3.55. The van der Waals surface area contributed by atoms with Crippen LogP contribution in [0.15, 0.2) is 57.9 Å². The maximum absolute atomic E-state index is 11.9. The number of hydrogen-bond donors (Lipinski definition) is 0. The Bertz CT molecular complexity index is 1010. The second-order valence-electron chi connectivity index (χ2n) is 4.94. The van der Waals surface area contributed by atoms with Gasteiger partial charge in [0.1, 0.15) is 5.58 Å². The fourth-order valence-corrected chi connectivity index (χ4v) is 2.28. The van der Waals surface area contributed by atoms with Crippen molar-refractivity contribution in [2.24, 2.45) is 4.99 Å². The number of benzene rings is 2. The maximum atomic E-state index is 11.9. The molecule has 0 aliphatic heterocycles. The number of nitrogens with zero attached hydrogens (tertiary/aromatic N) is 2. The van der Waals surface area contributed by atoms with E-state index in [4.69, 9.17) is 22.6 Å². The topological polar surface area (TPSA) is 46.9 Å². The first-order valence-corrected chi connectivity index (χ1v) is 7.21. The zero-order valence-corrected chi connectivity index (χ0v) is 13.0. The third kappa shape index (κ3) is 3.15. The van der Waals surface area contributed by atoms with Gasteiger partial charge in [0.15, 0.2) is 11.5 Å². The smallest absolute Gasteiger partial charge is 0.230 e. The van der Waals surface area contributed by atoms with Crippen molar-refractivity contribution in [2.45, 2.75) is 6.92 Å². The van der Waals surface area contributed by atoms with Crippen LogP contribution in [-0.4, -0.2) is 5.78 Å². The molecule has 3 rings (SSSR count). The lowest BCUT2D eigenvalue weighted by Gasteiger charge is -2.03. The standard InChI is InChI=1S/C18H11ClN2O2/c1-11(22)16-10-12-9-15(20-2)7-8-17(12)23-18(16)21-14-5-3-13(19)4-6-14/h3-10H,1H3. The van der Waals surface area contributed by atoms with Crippen LogP contribution in [-0.2, 0) is 0 Å². The number of hydrogen-bond acceptors (Lipinski definition) is 3. The fraction of sp³-hybridized carbons (Fsp3) is 0.0556. The molecule has 0 fully saturated rings. The number of carbonyl (C=O) groups is 1. The quantitative estimate of drug-likeness (QED) is 0.488. The van der Waals surface area contributed by atoms with Gasteiger partial charge in [0.25, 0.3) is 0 Å².